The van der Waals surface area contributed by atoms with Crippen molar-refractivity contribution < 1.29 is 14.0 Å². The number of nitrogens with one attached hydrogen (secondary N) is 1. The third-order valence-electron chi connectivity index (χ3n) is 3.80. The standard InChI is InChI=1S/C18H15FN4O3/c19-12-7-5-11(6-8-12)9-21-15(24)10-23-18(26)14-4-2-1-3-13(14)16(22-23)17(20)25/h1-8H,9-10H2,(H2,20,25)(H,21,24). The van der Waals surface area contributed by atoms with E-state index < -0.39 is 17.4 Å². The Morgan fingerprint density at radius 1 is 1.08 bits per heavy atom. The van der Waals surface area contributed by atoms with Crippen molar-refractivity contribution in [2.75, 3.05) is 0 Å². The van der Waals surface area contributed by atoms with Gasteiger partial charge in [-0.3, -0.25) is 14.4 Å². The second-order valence-electron chi connectivity index (χ2n) is 5.62. The summed E-state index contributed by atoms with van der Waals surface area (Å²) in [5.74, 6) is -1.64. The highest BCUT2D eigenvalue weighted by Crippen LogP contribution is 2.12. The van der Waals surface area contributed by atoms with Crippen LogP contribution in [0.25, 0.3) is 10.8 Å². The molecule has 0 saturated carbocycles. The summed E-state index contributed by atoms with van der Waals surface area (Å²) < 4.78 is 13.8. The van der Waals surface area contributed by atoms with Crippen LogP contribution in [0.5, 0.6) is 0 Å². The minimum atomic E-state index is -0.790. The van der Waals surface area contributed by atoms with E-state index in [4.69, 9.17) is 5.73 Å². The molecule has 3 N–H and O–H groups in total. The first-order valence-electron chi connectivity index (χ1n) is 7.76. The first kappa shape index (κ1) is 17.3. The normalized spacial score (nSPS) is 10.7. The predicted molar refractivity (Wildman–Crippen MR) is 92.8 cm³/mol. The first-order valence-corrected chi connectivity index (χ1v) is 7.76. The minimum absolute atomic E-state index is 0.0773. The van der Waals surface area contributed by atoms with Crippen molar-refractivity contribution >= 4 is 22.6 Å². The van der Waals surface area contributed by atoms with Gasteiger partial charge in [0.05, 0.1) is 5.39 Å². The van der Waals surface area contributed by atoms with Gasteiger partial charge in [0.25, 0.3) is 11.5 Å². The molecule has 0 unspecified atom stereocenters. The number of aromatic nitrogens is 2. The van der Waals surface area contributed by atoms with Crippen molar-refractivity contribution in [3.63, 3.8) is 0 Å². The fraction of sp³-hybridized carbons (Fsp3) is 0.111. The molecule has 0 fully saturated rings. The van der Waals surface area contributed by atoms with Gasteiger partial charge in [-0.2, -0.15) is 5.10 Å². The van der Waals surface area contributed by atoms with Crippen LogP contribution >= 0.6 is 0 Å². The number of rotatable bonds is 5. The van der Waals surface area contributed by atoms with Crippen LogP contribution in [-0.2, 0) is 17.9 Å². The van der Waals surface area contributed by atoms with Crippen molar-refractivity contribution in [1.82, 2.24) is 15.1 Å². The number of carbonyl (C=O) groups excluding carboxylic acids is 2. The molecule has 0 spiro atoms. The summed E-state index contributed by atoms with van der Waals surface area (Å²) in [6.45, 7) is -0.199. The molecule has 0 aliphatic rings. The molecule has 0 saturated heterocycles. The fourth-order valence-corrected chi connectivity index (χ4v) is 2.52. The Morgan fingerprint density at radius 2 is 1.73 bits per heavy atom. The molecule has 0 bridgehead atoms. The highest BCUT2D eigenvalue weighted by atomic mass is 19.1. The van der Waals surface area contributed by atoms with Crippen LogP contribution in [-0.4, -0.2) is 21.6 Å². The number of halogens is 1. The Kier molecular flexibility index (Phi) is 4.74. The molecule has 0 aliphatic heterocycles. The van der Waals surface area contributed by atoms with Gasteiger partial charge in [-0.05, 0) is 23.8 Å². The van der Waals surface area contributed by atoms with Gasteiger partial charge < -0.3 is 11.1 Å². The Morgan fingerprint density at radius 3 is 2.38 bits per heavy atom. The predicted octanol–water partition coefficient (Wildman–Crippen LogP) is 0.951. The van der Waals surface area contributed by atoms with Gasteiger partial charge in [0, 0.05) is 11.9 Å². The number of nitrogens with two attached hydrogens (primary N) is 1. The van der Waals surface area contributed by atoms with Crippen LogP contribution in [0.3, 0.4) is 0 Å². The molecule has 8 heteroatoms. The molecular formula is C18H15FN4O3. The molecule has 1 aromatic heterocycles. The van der Waals surface area contributed by atoms with Crippen LogP contribution in [0, 0.1) is 5.82 Å². The lowest BCUT2D eigenvalue weighted by atomic mass is 10.1. The highest BCUT2D eigenvalue weighted by Gasteiger charge is 2.15. The fourth-order valence-electron chi connectivity index (χ4n) is 2.52. The van der Waals surface area contributed by atoms with Crippen LogP contribution in [0.2, 0.25) is 0 Å². The van der Waals surface area contributed by atoms with Gasteiger partial charge in [0.15, 0.2) is 5.69 Å². The average Bonchev–Trinajstić information content (AvgIpc) is 2.63. The Bertz CT molecular complexity index is 1040. The third-order valence-corrected chi connectivity index (χ3v) is 3.80. The summed E-state index contributed by atoms with van der Waals surface area (Å²) >= 11 is 0. The van der Waals surface area contributed by atoms with Gasteiger partial charge in [-0.25, -0.2) is 9.07 Å². The van der Waals surface area contributed by atoms with Gasteiger partial charge in [0.1, 0.15) is 12.4 Å². The quantitative estimate of drug-likeness (QED) is 0.711. The molecule has 132 valence electrons. The van der Waals surface area contributed by atoms with E-state index in [1.807, 2.05) is 0 Å². The maximum atomic E-state index is 12.9. The summed E-state index contributed by atoms with van der Waals surface area (Å²) in [6.07, 6.45) is 0. The number of nitrogens with zero attached hydrogens (tertiary/aromatic N) is 2. The molecule has 2 amide bonds. The zero-order valence-electron chi connectivity index (χ0n) is 13.6. The lowest BCUT2D eigenvalue weighted by Gasteiger charge is -2.10. The SMILES string of the molecule is NC(=O)c1nn(CC(=O)NCc2ccc(F)cc2)c(=O)c2ccccc12. The summed E-state index contributed by atoms with van der Waals surface area (Å²) in [4.78, 5) is 36.2. The Labute approximate surface area is 147 Å². The van der Waals surface area contributed by atoms with Crippen LogP contribution < -0.4 is 16.6 Å². The molecule has 26 heavy (non-hydrogen) atoms. The Hall–Kier alpha value is -3.55. The number of amides is 2. The number of carbonyl (C=O) groups is 2. The van der Waals surface area contributed by atoms with Gasteiger partial charge in [0.2, 0.25) is 5.91 Å². The number of hydrogen-bond acceptors (Lipinski definition) is 4. The lowest BCUT2D eigenvalue weighted by molar-refractivity contribution is -0.122. The molecular weight excluding hydrogens is 339 g/mol. The molecule has 7 nitrogen and oxygen atoms in total. The molecule has 3 rings (SSSR count). The second-order valence-corrected chi connectivity index (χ2v) is 5.62. The smallest absolute Gasteiger partial charge is 0.275 e. The van der Waals surface area contributed by atoms with E-state index >= 15 is 0 Å². The average molecular weight is 354 g/mol. The van der Waals surface area contributed by atoms with Gasteiger partial charge in [-0.15, -0.1) is 0 Å². The van der Waals surface area contributed by atoms with E-state index in [9.17, 15) is 18.8 Å². The van der Waals surface area contributed by atoms with Crippen molar-refractivity contribution in [2.45, 2.75) is 13.1 Å². The summed E-state index contributed by atoms with van der Waals surface area (Å²) in [5.41, 5.74) is 5.46. The molecule has 0 atom stereocenters. The maximum absolute atomic E-state index is 12.9. The second kappa shape index (κ2) is 7.14. The number of primary amides is 1. The van der Waals surface area contributed by atoms with Crippen molar-refractivity contribution in [1.29, 1.82) is 0 Å². The van der Waals surface area contributed by atoms with Crippen LogP contribution in [0.4, 0.5) is 4.39 Å². The molecule has 2 aromatic carbocycles. The number of hydrogen-bond donors (Lipinski definition) is 2. The third kappa shape index (κ3) is 3.59. The lowest BCUT2D eigenvalue weighted by Crippen LogP contribution is -2.35. The van der Waals surface area contributed by atoms with Crippen molar-refractivity contribution in [3.8, 4) is 0 Å². The van der Waals surface area contributed by atoms with E-state index in [0.717, 1.165) is 4.68 Å². The summed E-state index contributed by atoms with van der Waals surface area (Å²) in [7, 11) is 0. The minimum Gasteiger partial charge on any atom is -0.364 e. The van der Waals surface area contributed by atoms with Gasteiger partial charge in [-0.1, -0.05) is 30.3 Å². The van der Waals surface area contributed by atoms with E-state index in [-0.39, 0.29) is 30.0 Å². The summed E-state index contributed by atoms with van der Waals surface area (Å²) in [5, 5.41) is 7.13. The van der Waals surface area contributed by atoms with E-state index in [0.29, 0.717) is 10.9 Å². The number of fused-ring (bicyclic) bond motifs is 1. The first-order chi connectivity index (χ1) is 12.5. The zero-order valence-corrected chi connectivity index (χ0v) is 13.6. The Balaban J connectivity index is 1.82. The molecule has 0 aliphatic carbocycles. The maximum Gasteiger partial charge on any atom is 0.275 e. The van der Waals surface area contributed by atoms with Gasteiger partial charge >= 0.3 is 0 Å². The van der Waals surface area contributed by atoms with Crippen molar-refractivity contribution in [2.24, 2.45) is 5.73 Å². The monoisotopic (exact) mass is 354 g/mol. The van der Waals surface area contributed by atoms with E-state index in [1.54, 1.807) is 36.4 Å². The van der Waals surface area contributed by atoms with Crippen molar-refractivity contribution in [3.05, 3.63) is 76.0 Å². The topological polar surface area (TPSA) is 107 Å². The van der Waals surface area contributed by atoms with Crippen LogP contribution in [0.1, 0.15) is 16.1 Å². The van der Waals surface area contributed by atoms with Crippen LogP contribution in [0.15, 0.2) is 53.3 Å². The summed E-state index contributed by atoms with van der Waals surface area (Å²) in [6, 6.07) is 12.1. The van der Waals surface area contributed by atoms with E-state index in [1.165, 1.54) is 12.1 Å². The highest BCUT2D eigenvalue weighted by molar-refractivity contribution is 6.04. The van der Waals surface area contributed by atoms with E-state index in [2.05, 4.69) is 10.4 Å². The molecule has 1 heterocycles. The molecule has 3 aromatic rings. The largest absolute Gasteiger partial charge is 0.364 e. The zero-order chi connectivity index (χ0) is 18.7. The number of benzene rings is 2. The molecule has 0 radical (unpaired) electrons.